The maximum atomic E-state index is 12.5. The van der Waals surface area contributed by atoms with Crippen LogP contribution in [0.3, 0.4) is 0 Å². The van der Waals surface area contributed by atoms with E-state index in [0.717, 1.165) is 5.56 Å². The van der Waals surface area contributed by atoms with Gasteiger partial charge < -0.3 is 10.2 Å². The SMILES string of the molecule is CN(Cc1cccnc1)S(=O)(=O)c1cc(CN)oc1Br. The lowest BCUT2D eigenvalue weighted by Crippen LogP contribution is -2.26. The zero-order chi connectivity index (χ0) is 14.8. The lowest BCUT2D eigenvalue weighted by Gasteiger charge is -2.16. The van der Waals surface area contributed by atoms with E-state index in [2.05, 4.69) is 20.9 Å². The zero-order valence-electron chi connectivity index (χ0n) is 10.8. The molecule has 2 aromatic rings. The first-order valence-electron chi connectivity index (χ1n) is 5.78. The molecular weight excluding hydrogens is 346 g/mol. The highest BCUT2D eigenvalue weighted by molar-refractivity contribution is 9.10. The maximum absolute atomic E-state index is 12.5. The molecule has 0 unspecified atom stereocenters. The van der Waals surface area contributed by atoms with Crippen LogP contribution in [0.25, 0.3) is 0 Å². The Labute approximate surface area is 125 Å². The van der Waals surface area contributed by atoms with E-state index in [1.165, 1.54) is 17.4 Å². The van der Waals surface area contributed by atoms with E-state index >= 15 is 0 Å². The number of pyridine rings is 1. The predicted octanol–water partition coefficient (Wildman–Crippen LogP) is 1.72. The summed E-state index contributed by atoms with van der Waals surface area (Å²) in [5.41, 5.74) is 6.25. The molecule has 2 rings (SSSR count). The highest BCUT2D eigenvalue weighted by Gasteiger charge is 2.26. The Bertz CT molecular complexity index is 685. The topological polar surface area (TPSA) is 89.4 Å². The third kappa shape index (κ3) is 3.09. The van der Waals surface area contributed by atoms with Gasteiger partial charge in [-0.05, 0) is 27.6 Å². The van der Waals surface area contributed by atoms with Gasteiger partial charge in [-0.3, -0.25) is 4.98 Å². The third-order valence-electron chi connectivity index (χ3n) is 2.72. The van der Waals surface area contributed by atoms with Gasteiger partial charge in [0, 0.05) is 32.1 Å². The van der Waals surface area contributed by atoms with Crippen LogP contribution in [0.4, 0.5) is 0 Å². The Kier molecular flexibility index (Phi) is 4.59. The van der Waals surface area contributed by atoms with Gasteiger partial charge in [0.1, 0.15) is 10.7 Å². The number of furan rings is 1. The summed E-state index contributed by atoms with van der Waals surface area (Å²) < 4.78 is 31.5. The number of halogens is 1. The van der Waals surface area contributed by atoms with Crippen molar-refractivity contribution < 1.29 is 12.8 Å². The van der Waals surface area contributed by atoms with Crippen molar-refractivity contribution >= 4 is 26.0 Å². The minimum Gasteiger partial charge on any atom is -0.452 e. The highest BCUT2D eigenvalue weighted by Crippen LogP contribution is 2.28. The van der Waals surface area contributed by atoms with E-state index in [1.54, 1.807) is 18.5 Å². The number of aromatic nitrogens is 1. The number of rotatable bonds is 5. The lowest BCUT2D eigenvalue weighted by molar-refractivity contribution is 0.457. The molecule has 2 N–H and O–H groups in total. The summed E-state index contributed by atoms with van der Waals surface area (Å²) in [6.45, 7) is 0.367. The minimum atomic E-state index is -3.65. The second kappa shape index (κ2) is 6.04. The minimum absolute atomic E-state index is 0.0735. The zero-order valence-corrected chi connectivity index (χ0v) is 13.2. The highest BCUT2D eigenvalue weighted by atomic mass is 79.9. The van der Waals surface area contributed by atoms with Gasteiger partial charge in [-0.1, -0.05) is 6.07 Å². The van der Waals surface area contributed by atoms with E-state index in [4.69, 9.17) is 10.2 Å². The van der Waals surface area contributed by atoms with Crippen LogP contribution >= 0.6 is 15.9 Å². The molecule has 0 radical (unpaired) electrons. The molecule has 20 heavy (non-hydrogen) atoms. The van der Waals surface area contributed by atoms with Gasteiger partial charge in [0.25, 0.3) is 0 Å². The molecule has 108 valence electrons. The van der Waals surface area contributed by atoms with Gasteiger partial charge in [0.15, 0.2) is 4.67 Å². The quantitative estimate of drug-likeness (QED) is 0.877. The van der Waals surface area contributed by atoms with Gasteiger partial charge >= 0.3 is 0 Å². The molecule has 0 aromatic carbocycles. The second-order valence-corrected chi connectivity index (χ2v) is 6.91. The van der Waals surface area contributed by atoms with Gasteiger partial charge in [-0.15, -0.1) is 0 Å². The molecule has 6 nitrogen and oxygen atoms in total. The Morgan fingerprint density at radius 3 is 2.80 bits per heavy atom. The largest absolute Gasteiger partial charge is 0.452 e. The summed E-state index contributed by atoms with van der Waals surface area (Å²) in [7, 11) is -2.14. The summed E-state index contributed by atoms with van der Waals surface area (Å²) in [5.74, 6) is 0.408. The smallest absolute Gasteiger partial charge is 0.247 e. The van der Waals surface area contributed by atoms with Gasteiger partial charge in [0.2, 0.25) is 10.0 Å². The fourth-order valence-corrected chi connectivity index (χ4v) is 3.79. The van der Waals surface area contributed by atoms with Crippen LogP contribution in [0.2, 0.25) is 0 Å². The fraction of sp³-hybridized carbons (Fsp3) is 0.250. The molecule has 0 saturated carbocycles. The molecule has 0 aliphatic carbocycles. The molecule has 0 bridgehead atoms. The Morgan fingerprint density at radius 2 is 2.25 bits per heavy atom. The maximum Gasteiger partial charge on any atom is 0.247 e. The van der Waals surface area contributed by atoms with E-state index in [-0.39, 0.29) is 22.7 Å². The van der Waals surface area contributed by atoms with Crippen molar-refractivity contribution in [3.05, 3.63) is 46.6 Å². The third-order valence-corrected chi connectivity index (χ3v) is 5.38. The molecule has 0 aliphatic heterocycles. The summed E-state index contributed by atoms with van der Waals surface area (Å²) in [4.78, 5) is 4.04. The van der Waals surface area contributed by atoms with Crippen LogP contribution in [-0.4, -0.2) is 24.8 Å². The van der Waals surface area contributed by atoms with Crippen LogP contribution in [0.5, 0.6) is 0 Å². The molecule has 0 aliphatic rings. The van der Waals surface area contributed by atoms with Crippen molar-refractivity contribution in [1.29, 1.82) is 0 Å². The van der Waals surface area contributed by atoms with Crippen LogP contribution in [0.1, 0.15) is 11.3 Å². The average Bonchev–Trinajstić information content (AvgIpc) is 2.82. The lowest BCUT2D eigenvalue weighted by atomic mass is 10.3. The van der Waals surface area contributed by atoms with Crippen molar-refractivity contribution in [3.8, 4) is 0 Å². The number of nitrogens with two attached hydrogens (primary N) is 1. The van der Waals surface area contributed by atoms with Gasteiger partial charge in [0.05, 0.1) is 6.54 Å². The van der Waals surface area contributed by atoms with E-state index in [9.17, 15) is 8.42 Å². The first-order chi connectivity index (χ1) is 9.45. The molecule has 0 atom stereocenters. The molecule has 0 fully saturated rings. The van der Waals surface area contributed by atoms with E-state index in [0.29, 0.717) is 5.76 Å². The molecule has 2 heterocycles. The van der Waals surface area contributed by atoms with Crippen molar-refractivity contribution in [3.63, 3.8) is 0 Å². The number of nitrogens with zero attached hydrogens (tertiary/aromatic N) is 2. The van der Waals surface area contributed by atoms with Crippen LogP contribution in [0, 0.1) is 0 Å². The van der Waals surface area contributed by atoms with Crippen LogP contribution in [-0.2, 0) is 23.1 Å². The summed E-state index contributed by atoms with van der Waals surface area (Å²) >= 11 is 3.11. The van der Waals surface area contributed by atoms with Gasteiger partial charge in [-0.2, -0.15) is 4.31 Å². The number of hydrogen-bond acceptors (Lipinski definition) is 5. The van der Waals surface area contributed by atoms with E-state index < -0.39 is 10.0 Å². The van der Waals surface area contributed by atoms with Crippen LogP contribution < -0.4 is 5.73 Å². The Morgan fingerprint density at radius 1 is 1.50 bits per heavy atom. The molecule has 2 aromatic heterocycles. The average molecular weight is 360 g/mol. The Balaban J connectivity index is 2.27. The molecular formula is C12H14BrN3O3S. The van der Waals surface area contributed by atoms with Crippen LogP contribution in [0.15, 0.2) is 44.6 Å². The molecule has 0 saturated heterocycles. The number of sulfonamides is 1. The predicted molar refractivity (Wildman–Crippen MR) is 77.2 cm³/mol. The van der Waals surface area contributed by atoms with Gasteiger partial charge in [-0.25, -0.2) is 8.42 Å². The molecule has 8 heteroatoms. The first kappa shape index (κ1) is 15.2. The normalized spacial score (nSPS) is 12.0. The van der Waals surface area contributed by atoms with E-state index in [1.807, 2.05) is 6.07 Å². The summed E-state index contributed by atoms with van der Waals surface area (Å²) in [6.07, 6.45) is 3.26. The standard InChI is InChI=1S/C12H14BrN3O3S/c1-16(8-9-3-2-4-15-7-9)20(17,18)11-5-10(6-14)19-12(11)13/h2-5,7H,6,8,14H2,1H3. The number of hydrogen-bond donors (Lipinski definition) is 1. The van der Waals surface area contributed by atoms with Crippen molar-refractivity contribution in [2.24, 2.45) is 5.73 Å². The van der Waals surface area contributed by atoms with Crippen molar-refractivity contribution in [2.45, 2.75) is 18.0 Å². The van der Waals surface area contributed by atoms with Crippen molar-refractivity contribution in [1.82, 2.24) is 9.29 Å². The summed E-state index contributed by atoms with van der Waals surface area (Å²) in [6, 6.07) is 5.00. The fourth-order valence-electron chi connectivity index (χ4n) is 1.68. The monoisotopic (exact) mass is 359 g/mol. The first-order valence-corrected chi connectivity index (χ1v) is 8.02. The second-order valence-electron chi connectivity index (χ2n) is 4.18. The molecule has 0 amide bonds. The Hall–Kier alpha value is -1.22. The molecule has 0 spiro atoms. The van der Waals surface area contributed by atoms with Crippen molar-refractivity contribution in [2.75, 3.05) is 7.05 Å². The summed E-state index contributed by atoms with van der Waals surface area (Å²) in [5, 5.41) is 0.